The van der Waals surface area contributed by atoms with Crippen LogP contribution in [0.4, 0.5) is 11.4 Å². The highest BCUT2D eigenvalue weighted by molar-refractivity contribution is 8.00. The molecule has 8 heteroatoms. The van der Waals surface area contributed by atoms with Crippen molar-refractivity contribution in [1.29, 1.82) is 0 Å². The number of amides is 1. The van der Waals surface area contributed by atoms with E-state index in [1.807, 2.05) is 85.3 Å². The molecule has 1 atom stereocenters. The Morgan fingerprint density at radius 2 is 1.81 bits per heavy atom. The Labute approximate surface area is 190 Å². The van der Waals surface area contributed by atoms with E-state index in [0.717, 1.165) is 28.0 Å². The molecule has 0 fully saturated rings. The molecule has 1 amide bonds. The lowest BCUT2D eigenvalue weighted by atomic mass is 10.1. The Hall–Kier alpha value is -3.03. The van der Waals surface area contributed by atoms with Crippen LogP contribution in [0.25, 0.3) is 10.8 Å². The minimum absolute atomic E-state index is 0.0785. The van der Waals surface area contributed by atoms with Gasteiger partial charge in [0.15, 0.2) is 11.0 Å². The molecule has 158 valence electrons. The van der Waals surface area contributed by atoms with Crippen molar-refractivity contribution in [3.63, 3.8) is 0 Å². The zero-order valence-electron chi connectivity index (χ0n) is 17.2. The number of carbonyl (C=O) groups is 1. The van der Waals surface area contributed by atoms with Crippen LogP contribution >= 0.6 is 23.4 Å². The predicted molar refractivity (Wildman–Crippen MR) is 128 cm³/mol. The van der Waals surface area contributed by atoms with Gasteiger partial charge in [0.1, 0.15) is 0 Å². The molecule has 31 heavy (non-hydrogen) atoms. The lowest BCUT2D eigenvalue weighted by molar-refractivity contribution is -0.115. The van der Waals surface area contributed by atoms with Gasteiger partial charge < -0.3 is 15.2 Å². The summed E-state index contributed by atoms with van der Waals surface area (Å²) in [5.41, 5.74) is 1.76. The van der Waals surface area contributed by atoms with Crippen molar-refractivity contribution < 1.29 is 4.79 Å². The monoisotopic (exact) mass is 451 g/mol. The van der Waals surface area contributed by atoms with Crippen LogP contribution in [-0.4, -0.2) is 25.9 Å². The van der Waals surface area contributed by atoms with Crippen molar-refractivity contribution in [2.75, 3.05) is 10.6 Å². The van der Waals surface area contributed by atoms with Crippen molar-refractivity contribution >= 4 is 51.4 Å². The highest BCUT2D eigenvalue weighted by atomic mass is 35.5. The SMILES string of the molecule is C[C@@H](Sc1nnc(CNc2ccc(Cl)cc2)n1C)C(=O)Nc1cccc2ccccc12. The first-order valence-electron chi connectivity index (χ1n) is 9.84. The fourth-order valence-electron chi connectivity index (χ4n) is 3.13. The van der Waals surface area contributed by atoms with Crippen molar-refractivity contribution in [2.24, 2.45) is 7.05 Å². The number of hydrogen-bond acceptors (Lipinski definition) is 5. The smallest absolute Gasteiger partial charge is 0.237 e. The molecule has 2 N–H and O–H groups in total. The molecule has 3 aromatic carbocycles. The number of nitrogens with one attached hydrogen (secondary N) is 2. The van der Waals surface area contributed by atoms with Gasteiger partial charge in [-0.15, -0.1) is 10.2 Å². The van der Waals surface area contributed by atoms with Gasteiger partial charge >= 0.3 is 0 Å². The first kappa shape index (κ1) is 21.2. The number of thioether (sulfide) groups is 1. The topological polar surface area (TPSA) is 71.8 Å². The average Bonchev–Trinajstić information content (AvgIpc) is 3.12. The summed E-state index contributed by atoms with van der Waals surface area (Å²) in [5, 5.41) is 18.0. The number of carbonyl (C=O) groups excluding carboxylic acids is 1. The summed E-state index contributed by atoms with van der Waals surface area (Å²) in [6.07, 6.45) is 0. The van der Waals surface area contributed by atoms with E-state index in [1.165, 1.54) is 11.8 Å². The van der Waals surface area contributed by atoms with Gasteiger partial charge in [-0.3, -0.25) is 4.79 Å². The summed E-state index contributed by atoms with van der Waals surface area (Å²) >= 11 is 7.30. The van der Waals surface area contributed by atoms with Crippen LogP contribution in [0.15, 0.2) is 71.9 Å². The van der Waals surface area contributed by atoms with E-state index in [4.69, 9.17) is 11.6 Å². The van der Waals surface area contributed by atoms with E-state index >= 15 is 0 Å². The van der Waals surface area contributed by atoms with Gasteiger partial charge in [-0.1, -0.05) is 59.8 Å². The van der Waals surface area contributed by atoms with Crippen LogP contribution in [-0.2, 0) is 18.4 Å². The molecule has 0 bridgehead atoms. The molecular formula is C23H22ClN5OS. The quantitative estimate of drug-likeness (QED) is 0.370. The van der Waals surface area contributed by atoms with E-state index in [1.54, 1.807) is 0 Å². The van der Waals surface area contributed by atoms with E-state index in [2.05, 4.69) is 20.8 Å². The number of nitrogens with zero attached hydrogens (tertiary/aromatic N) is 3. The van der Waals surface area contributed by atoms with Crippen LogP contribution < -0.4 is 10.6 Å². The minimum Gasteiger partial charge on any atom is -0.378 e. The third-order valence-electron chi connectivity index (χ3n) is 4.92. The lowest BCUT2D eigenvalue weighted by Gasteiger charge is -2.13. The average molecular weight is 452 g/mol. The van der Waals surface area contributed by atoms with Crippen LogP contribution in [0.3, 0.4) is 0 Å². The molecule has 0 aliphatic heterocycles. The zero-order chi connectivity index (χ0) is 21.8. The molecule has 0 saturated heterocycles. The maximum absolute atomic E-state index is 12.8. The summed E-state index contributed by atoms with van der Waals surface area (Å²) in [4.78, 5) is 12.8. The third kappa shape index (κ3) is 5.00. The standard InChI is InChI=1S/C23H22ClN5OS/c1-15(22(30)26-20-9-5-7-16-6-3-4-8-19(16)20)31-23-28-27-21(29(23)2)14-25-18-12-10-17(24)11-13-18/h3-13,15,25H,14H2,1-2H3,(H,26,30)/t15-/m1/s1. The van der Waals surface area contributed by atoms with E-state index in [9.17, 15) is 4.79 Å². The molecule has 0 saturated carbocycles. The zero-order valence-corrected chi connectivity index (χ0v) is 18.7. The predicted octanol–water partition coefficient (Wildman–Crippen LogP) is 5.35. The summed E-state index contributed by atoms with van der Waals surface area (Å²) < 4.78 is 1.90. The fourth-order valence-corrected chi connectivity index (χ4v) is 4.09. The third-order valence-corrected chi connectivity index (χ3v) is 6.30. The van der Waals surface area contributed by atoms with E-state index in [0.29, 0.717) is 16.7 Å². The van der Waals surface area contributed by atoms with Crippen LogP contribution in [0.5, 0.6) is 0 Å². The summed E-state index contributed by atoms with van der Waals surface area (Å²) in [6.45, 7) is 2.38. The van der Waals surface area contributed by atoms with Crippen LogP contribution in [0.1, 0.15) is 12.7 Å². The van der Waals surface area contributed by atoms with E-state index < -0.39 is 0 Å². The van der Waals surface area contributed by atoms with Crippen molar-refractivity contribution in [3.05, 3.63) is 77.6 Å². The van der Waals surface area contributed by atoms with Crippen molar-refractivity contribution in [1.82, 2.24) is 14.8 Å². The molecule has 0 aliphatic rings. The normalized spacial score (nSPS) is 12.0. The van der Waals surface area contributed by atoms with Gasteiger partial charge in [-0.25, -0.2) is 0 Å². The molecule has 0 spiro atoms. The largest absolute Gasteiger partial charge is 0.378 e. The molecule has 0 radical (unpaired) electrons. The van der Waals surface area contributed by atoms with Gasteiger partial charge in [0, 0.05) is 28.8 Å². The molecule has 1 heterocycles. The second-order valence-electron chi connectivity index (χ2n) is 7.09. The first-order chi connectivity index (χ1) is 15.0. The summed E-state index contributed by atoms with van der Waals surface area (Å²) in [5.74, 6) is 0.698. The maximum atomic E-state index is 12.8. The fraction of sp³-hybridized carbons (Fsp3) is 0.174. The maximum Gasteiger partial charge on any atom is 0.237 e. The van der Waals surface area contributed by atoms with E-state index in [-0.39, 0.29) is 11.2 Å². The molecular weight excluding hydrogens is 430 g/mol. The number of halogens is 1. The van der Waals surface area contributed by atoms with Gasteiger partial charge in [0.05, 0.1) is 11.8 Å². The number of fused-ring (bicyclic) bond motifs is 1. The summed E-state index contributed by atoms with van der Waals surface area (Å²) in [6, 6.07) is 21.4. The number of aromatic nitrogens is 3. The Bertz CT molecular complexity index is 1200. The molecule has 0 aliphatic carbocycles. The van der Waals surface area contributed by atoms with Crippen LogP contribution in [0, 0.1) is 0 Å². The molecule has 4 aromatic rings. The minimum atomic E-state index is -0.334. The highest BCUT2D eigenvalue weighted by Crippen LogP contribution is 2.26. The van der Waals surface area contributed by atoms with Crippen LogP contribution in [0.2, 0.25) is 5.02 Å². The van der Waals surface area contributed by atoms with Gasteiger partial charge in [-0.05, 0) is 42.6 Å². The number of benzene rings is 3. The molecule has 0 unspecified atom stereocenters. The lowest BCUT2D eigenvalue weighted by Crippen LogP contribution is -2.23. The molecule has 4 rings (SSSR count). The summed E-state index contributed by atoms with van der Waals surface area (Å²) in [7, 11) is 1.90. The Kier molecular flexibility index (Phi) is 6.44. The molecule has 6 nitrogen and oxygen atoms in total. The van der Waals surface area contributed by atoms with Gasteiger partial charge in [-0.2, -0.15) is 0 Å². The molecule has 1 aromatic heterocycles. The number of rotatable bonds is 7. The second kappa shape index (κ2) is 9.41. The van der Waals surface area contributed by atoms with Gasteiger partial charge in [0.2, 0.25) is 5.91 Å². The number of anilines is 2. The highest BCUT2D eigenvalue weighted by Gasteiger charge is 2.19. The Morgan fingerprint density at radius 3 is 2.61 bits per heavy atom. The first-order valence-corrected chi connectivity index (χ1v) is 11.1. The second-order valence-corrected chi connectivity index (χ2v) is 8.84. The van der Waals surface area contributed by atoms with Crippen molar-refractivity contribution in [2.45, 2.75) is 23.9 Å². The van der Waals surface area contributed by atoms with Crippen molar-refractivity contribution in [3.8, 4) is 0 Å². The Morgan fingerprint density at radius 1 is 1.06 bits per heavy atom. The van der Waals surface area contributed by atoms with Gasteiger partial charge in [0.25, 0.3) is 0 Å². The Balaban J connectivity index is 1.39. The number of hydrogen-bond donors (Lipinski definition) is 2.